The molecular weight excluding hydrogens is 358 g/mol. The van der Waals surface area contributed by atoms with E-state index in [4.69, 9.17) is 0 Å². The minimum absolute atomic E-state index is 0.812. The van der Waals surface area contributed by atoms with Crippen molar-refractivity contribution in [2.75, 3.05) is 18.4 Å². The smallest absolute Gasteiger partial charge is 0.0767 e. The van der Waals surface area contributed by atoms with E-state index in [1.54, 1.807) is 0 Å². The summed E-state index contributed by atoms with van der Waals surface area (Å²) in [4.78, 5) is 2.54. The highest BCUT2D eigenvalue weighted by molar-refractivity contribution is 9.10. The summed E-state index contributed by atoms with van der Waals surface area (Å²) in [6, 6.07) is 0. The second kappa shape index (κ2) is 6.53. The Balaban J connectivity index is 2.11. The minimum atomic E-state index is 0.812. The maximum atomic E-state index is 4.66. The number of alkyl halides is 1. The Morgan fingerprint density at radius 3 is 2.72 bits per heavy atom. The number of hydrogen-bond donors (Lipinski definition) is 0. The molecule has 0 radical (unpaired) electrons. The van der Waals surface area contributed by atoms with Crippen molar-refractivity contribution in [3.8, 4) is 0 Å². The number of hydrogen-bond acceptors (Lipinski definition) is 2. The summed E-state index contributed by atoms with van der Waals surface area (Å²) in [7, 11) is 0. The fourth-order valence-electron chi connectivity index (χ4n) is 2.56. The van der Waals surface area contributed by atoms with Crippen LogP contribution in [0.5, 0.6) is 0 Å². The molecule has 0 saturated carbocycles. The van der Waals surface area contributed by atoms with Gasteiger partial charge in [-0.3, -0.25) is 9.58 Å². The third kappa shape index (κ3) is 2.99. The fourth-order valence-corrected chi connectivity index (χ4v) is 3.78. The maximum absolute atomic E-state index is 4.66. The lowest BCUT2D eigenvalue weighted by Gasteiger charge is -2.16. The van der Waals surface area contributed by atoms with Gasteiger partial charge in [-0.1, -0.05) is 22.9 Å². The number of likely N-dealkylation sites (tertiary alicyclic amines) is 1. The van der Waals surface area contributed by atoms with Crippen molar-refractivity contribution in [1.29, 1.82) is 0 Å². The Bertz CT molecular complexity index is 403. The lowest BCUT2D eigenvalue weighted by molar-refractivity contribution is 0.309. The molecule has 0 aromatic carbocycles. The third-order valence-corrected chi connectivity index (χ3v) is 5.49. The topological polar surface area (TPSA) is 21.1 Å². The molecule has 1 unspecified atom stereocenters. The first kappa shape index (κ1) is 14.5. The molecule has 0 amide bonds. The van der Waals surface area contributed by atoms with Crippen LogP contribution in [0.25, 0.3) is 0 Å². The van der Waals surface area contributed by atoms with Gasteiger partial charge >= 0.3 is 0 Å². The highest BCUT2D eigenvalue weighted by atomic mass is 79.9. The van der Waals surface area contributed by atoms with Gasteiger partial charge in [0.05, 0.1) is 15.9 Å². The Hall–Kier alpha value is 0.130. The fraction of sp³-hybridized carbons (Fsp3) is 0.769. The summed E-state index contributed by atoms with van der Waals surface area (Å²) in [6.07, 6.45) is 2.30. The number of aryl methyl sites for hydroxylation is 2. The van der Waals surface area contributed by atoms with Crippen LogP contribution in [-0.2, 0) is 19.5 Å². The summed E-state index contributed by atoms with van der Waals surface area (Å²) in [5.74, 6) is 0.812. The maximum Gasteiger partial charge on any atom is 0.0767 e. The zero-order chi connectivity index (χ0) is 13.1. The van der Waals surface area contributed by atoms with Crippen molar-refractivity contribution in [3.63, 3.8) is 0 Å². The van der Waals surface area contributed by atoms with Crippen molar-refractivity contribution in [1.82, 2.24) is 14.7 Å². The summed E-state index contributed by atoms with van der Waals surface area (Å²) in [5.41, 5.74) is 2.52. The Kier molecular flexibility index (Phi) is 5.27. The van der Waals surface area contributed by atoms with E-state index in [0.717, 1.165) is 30.8 Å². The molecule has 0 N–H and O–H groups in total. The number of halogens is 2. The lowest BCUT2D eigenvalue weighted by Crippen LogP contribution is -2.22. The van der Waals surface area contributed by atoms with Crippen molar-refractivity contribution in [2.45, 2.75) is 39.8 Å². The molecule has 2 rings (SSSR count). The van der Waals surface area contributed by atoms with Gasteiger partial charge in [-0.15, -0.1) is 0 Å². The molecule has 0 spiro atoms. The molecule has 5 heteroatoms. The molecule has 0 aliphatic carbocycles. The second-order valence-electron chi connectivity index (χ2n) is 4.92. The monoisotopic (exact) mass is 377 g/mol. The Morgan fingerprint density at radius 2 is 2.17 bits per heavy atom. The van der Waals surface area contributed by atoms with Crippen molar-refractivity contribution < 1.29 is 0 Å². The zero-order valence-electron chi connectivity index (χ0n) is 11.1. The van der Waals surface area contributed by atoms with Gasteiger partial charge < -0.3 is 0 Å². The van der Waals surface area contributed by atoms with Gasteiger partial charge in [0.25, 0.3) is 0 Å². The molecule has 1 aliphatic rings. The van der Waals surface area contributed by atoms with Crippen LogP contribution in [0, 0.1) is 5.92 Å². The molecule has 3 nitrogen and oxygen atoms in total. The van der Waals surface area contributed by atoms with Gasteiger partial charge in [-0.2, -0.15) is 5.10 Å². The first-order valence-corrected chi connectivity index (χ1v) is 8.63. The number of nitrogens with zero attached hydrogens (tertiary/aromatic N) is 3. The number of rotatable bonds is 5. The molecule has 0 bridgehead atoms. The predicted molar refractivity (Wildman–Crippen MR) is 82.2 cm³/mol. The summed E-state index contributed by atoms with van der Waals surface area (Å²) in [5, 5.41) is 5.78. The van der Waals surface area contributed by atoms with E-state index in [2.05, 4.69) is 60.4 Å². The summed E-state index contributed by atoms with van der Waals surface area (Å²) >= 11 is 7.32. The second-order valence-corrected chi connectivity index (χ2v) is 6.36. The van der Waals surface area contributed by atoms with Gasteiger partial charge in [0.15, 0.2) is 0 Å². The SMILES string of the molecule is CCc1nn(CC)c(CN2CCC(CBr)C2)c1Br. The third-order valence-electron chi connectivity index (χ3n) is 3.66. The van der Waals surface area contributed by atoms with E-state index < -0.39 is 0 Å². The average molecular weight is 379 g/mol. The molecule has 1 aromatic rings. The first-order chi connectivity index (χ1) is 8.69. The first-order valence-electron chi connectivity index (χ1n) is 6.71. The van der Waals surface area contributed by atoms with Gasteiger partial charge in [0.2, 0.25) is 0 Å². The quantitative estimate of drug-likeness (QED) is 0.731. The Morgan fingerprint density at radius 1 is 1.39 bits per heavy atom. The van der Waals surface area contributed by atoms with Gasteiger partial charge in [0.1, 0.15) is 0 Å². The number of aromatic nitrogens is 2. The Labute approximate surface area is 126 Å². The van der Waals surface area contributed by atoms with E-state index in [-0.39, 0.29) is 0 Å². The van der Waals surface area contributed by atoms with Crippen molar-refractivity contribution >= 4 is 31.9 Å². The highest BCUT2D eigenvalue weighted by Gasteiger charge is 2.24. The molecule has 102 valence electrons. The van der Waals surface area contributed by atoms with Crippen molar-refractivity contribution in [3.05, 3.63) is 15.9 Å². The van der Waals surface area contributed by atoms with E-state index in [9.17, 15) is 0 Å². The van der Waals surface area contributed by atoms with Crippen LogP contribution in [-0.4, -0.2) is 33.1 Å². The average Bonchev–Trinajstić information content (AvgIpc) is 2.96. The van der Waals surface area contributed by atoms with E-state index in [1.165, 1.54) is 35.4 Å². The van der Waals surface area contributed by atoms with Crippen LogP contribution in [0.3, 0.4) is 0 Å². The largest absolute Gasteiger partial charge is 0.297 e. The molecule has 18 heavy (non-hydrogen) atoms. The summed E-state index contributed by atoms with van der Waals surface area (Å²) < 4.78 is 3.36. The molecule has 1 aromatic heterocycles. The standard InChI is InChI=1S/C13H21Br2N3/c1-3-11-13(15)12(18(4-2)16-11)9-17-6-5-10(7-14)8-17/h10H,3-9H2,1-2H3. The van der Waals surface area contributed by atoms with Crippen LogP contribution >= 0.6 is 31.9 Å². The van der Waals surface area contributed by atoms with Gasteiger partial charge in [-0.05, 0) is 48.2 Å². The molecular formula is C13H21Br2N3. The molecule has 1 atom stereocenters. The van der Waals surface area contributed by atoms with Gasteiger partial charge in [-0.25, -0.2) is 0 Å². The zero-order valence-corrected chi connectivity index (χ0v) is 14.3. The lowest BCUT2D eigenvalue weighted by atomic mass is 10.2. The highest BCUT2D eigenvalue weighted by Crippen LogP contribution is 2.26. The molecule has 1 saturated heterocycles. The predicted octanol–water partition coefficient (Wildman–Crippen LogP) is 3.44. The van der Waals surface area contributed by atoms with Crippen LogP contribution in [0.1, 0.15) is 31.7 Å². The van der Waals surface area contributed by atoms with Crippen LogP contribution < -0.4 is 0 Å². The van der Waals surface area contributed by atoms with Crippen LogP contribution in [0.4, 0.5) is 0 Å². The minimum Gasteiger partial charge on any atom is -0.297 e. The molecule has 1 fully saturated rings. The van der Waals surface area contributed by atoms with Crippen LogP contribution in [0.15, 0.2) is 4.47 Å². The van der Waals surface area contributed by atoms with E-state index >= 15 is 0 Å². The molecule has 1 aliphatic heterocycles. The van der Waals surface area contributed by atoms with Crippen LogP contribution in [0.2, 0.25) is 0 Å². The van der Waals surface area contributed by atoms with Crippen molar-refractivity contribution in [2.24, 2.45) is 5.92 Å². The van der Waals surface area contributed by atoms with Gasteiger partial charge in [0, 0.05) is 25.0 Å². The molecule has 2 heterocycles. The normalized spacial score (nSPS) is 20.8. The summed E-state index contributed by atoms with van der Waals surface area (Å²) in [6.45, 7) is 8.70. The van der Waals surface area contributed by atoms with E-state index in [1.807, 2.05) is 0 Å². The van der Waals surface area contributed by atoms with E-state index in [0.29, 0.717) is 0 Å².